The van der Waals surface area contributed by atoms with Gasteiger partial charge in [0, 0.05) is 38.1 Å². The van der Waals surface area contributed by atoms with E-state index in [1.807, 2.05) is 0 Å². The van der Waals surface area contributed by atoms with Crippen LogP contribution in [0.15, 0.2) is 0 Å². The van der Waals surface area contributed by atoms with Gasteiger partial charge in [0.2, 0.25) is 5.91 Å². The van der Waals surface area contributed by atoms with Crippen LogP contribution in [0.2, 0.25) is 0 Å². The number of carbonyl (C=O) groups is 1. The predicted octanol–water partition coefficient (Wildman–Crippen LogP) is 2.59. The number of hydrogen-bond donors (Lipinski definition) is 0. The van der Waals surface area contributed by atoms with Crippen LogP contribution < -0.4 is 0 Å². The maximum atomic E-state index is 12.6. The average molecular weight is 322 g/mol. The zero-order valence-electron chi connectivity index (χ0n) is 15.2. The third-order valence-electron chi connectivity index (χ3n) is 6.54. The van der Waals surface area contributed by atoms with Crippen LogP contribution in [0.25, 0.3) is 0 Å². The molecule has 4 heteroatoms. The van der Waals surface area contributed by atoms with Gasteiger partial charge in [0.1, 0.15) is 0 Å². The van der Waals surface area contributed by atoms with E-state index in [0.717, 1.165) is 26.1 Å². The van der Waals surface area contributed by atoms with E-state index < -0.39 is 0 Å². The van der Waals surface area contributed by atoms with Gasteiger partial charge in [0.15, 0.2) is 0 Å². The predicted molar refractivity (Wildman–Crippen MR) is 94.5 cm³/mol. The van der Waals surface area contributed by atoms with Crippen molar-refractivity contribution in [3.05, 3.63) is 0 Å². The minimum atomic E-state index is 0.403. The van der Waals surface area contributed by atoms with E-state index in [1.165, 1.54) is 64.5 Å². The lowest BCUT2D eigenvalue weighted by Crippen LogP contribution is -2.54. The summed E-state index contributed by atoms with van der Waals surface area (Å²) in [5, 5.41) is 0. The van der Waals surface area contributed by atoms with E-state index in [2.05, 4.69) is 28.8 Å². The summed E-state index contributed by atoms with van der Waals surface area (Å²) in [6.45, 7) is 5.56. The maximum absolute atomic E-state index is 12.6. The lowest BCUT2D eigenvalue weighted by atomic mass is 9.84. The van der Waals surface area contributed by atoms with Crippen molar-refractivity contribution in [2.45, 2.75) is 63.3 Å². The Balaban J connectivity index is 1.49. The Kier molecular flexibility index (Phi) is 5.63. The van der Waals surface area contributed by atoms with E-state index in [0.29, 0.717) is 17.4 Å². The third kappa shape index (κ3) is 4.08. The molecule has 1 aliphatic carbocycles. The largest absolute Gasteiger partial charge is 0.343 e. The number of amides is 1. The quantitative estimate of drug-likeness (QED) is 0.779. The monoisotopic (exact) mass is 321 g/mol. The van der Waals surface area contributed by atoms with E-state index >= 15 is 0 Å². The van der Waals surface area contributed by atoms with Gasteiger partial charge in [-0.15, -0.1) is 0 Å². The van der Waals surface area contributed by atoms with E-state index in [-0.39, 0.29) is 0 Å². The number of rotatable bonds is 5. The molecular weight excluding hydrogens is 286 g/mol. The fourth-order valence-corrected chi connectivity index (χ4v) is 4.99. The molecule has 0 bridgehead atoms. The molecule has 2 heterocycles. The number of hydrogen-bond acceptors (Lipinski definition) is 3. The van der Waals surface area contributed by atoms with Crippen molar-refractivity contribution in [2.24, 2.45) is 5.92 Å². The van der Waals surface area contributed by atoms with Gasteiger partial charge in [0.25, 0.3) is 0 Å². The number of carbonyl (C=O) groups excluding carboxylic acids is 1. The molecule has 132 valence electrons. The van der Waals surface area contributed by atoms with Crippen LogP contribution in [0.4, 0.5) is 0 Å². The van der Waals surface area contributed by atoms with Crippen molar-refractivity contribution >= 4 is 5.91 Å². The summed E-state index contributed by atoms with van der Waals surface area (Å²) in [7, 11) is 4.32. The van der Waals surface area contributed by atoms with Gasteiger partial charge < -0.3 is 9.80 Å². The van der Waals surface area contributed by atoms with Crippen molar-refractivity contribution in [3.63, 3.8) is 0 Å². The van der Waals surface area contributed by atoms with Gasteiger partial charge in [-0.2, -0.15) is 0 Å². The highest BCUT2D eigenvalue weighted by atomic mass is 16.2. The number of likely N-dealkylation sites (N-methyl/N-ethyl adjacent to an activating group) is 1. The van der Waals surface area contributed by atoms with Crippen LogP contribution in [-0.2, 0) is 4.79 Å². The molecule has 4 nitrogen and oxygen atoms in total. The first kappa shape index (κ1) is 17.2. The van der Waals surface area contributed by atoms with Crippen LogP contribution in [-0.4, -0.2) is 73.0 Å². The maximum Gasteiger partial charge on any atom is 0.222 e. The molecule has 2 aliphatic heterocycles. The molecule has 23 heavy (non-hydrogen) atoms. The number of piperidine rings is 1. The molecule has 0 N–H and O–H groups in total. The summed E-state index contributed by atoms with van der Waals surface area (Å²) in [5.74, 6) is 1.12. The Morgan fingerprint density at radius 1 is 1.04 bits per heavy atom. The SMILES string of the molecule is CN(C)CCN1CCCC12CCN(C(=O)CC1CCCC1)CC2. The van der Waals surface area contributed by atoms with Crippen molar-refractivity contribution in [2.75, 3.05) is 46.8 Å². The molecular formula is C19H35N3O. The Morgan fingerprint density at radius 3 is 2.39 bits per heavy atom. The van der Waals surface area contributed by atoms with Gasteiger partial charge in [-0.1, -0.05) is 12.8 Å². The molecule has 0 aromatic rings. The van der Waals surface area contributed by atoms with Crippen molar-refractivity contribution in [1.29, 1.82) is 0 Å². The van der Waals surface area contributed by atoms with Crippen LogP contribution in [0, 0.1) is 5.92 Å². The first-order chi connectivity index (χ1) is 11.1. The molecule has 0 aromatic heterocycles. The summed E-state index contributed by atoms with van der Waals surface area (Å²) >= 11 is 0. The second-order valence-electron chi connectivity index (χ2n) is 8.35. The Hall–Kier alpha value is -0.610. The van der Waals surface area contributed by atoms with Gasteiger partial charge in [0.05, 0.1) is 0 Å². The first-order valence-electron chi connectivity index (χ1n) is 9.77. The number of nitrogens with zero attached hydrogens (tertiary/aromatic N) is 3. The van der Waals surface area contributed by atoms with E-state index in [9.17, 15) is 4.79 Å². The fraction of sp³-hybridized carbons (Fsp3) is 0.947. The number of likely N-dealkylation sites (tertiary alicyclic amines) is 2. The van der Waals surface area contributed by atoms with E-state index in [1.54, 1.807) is 0 Å². The Bertz CT molecular complexity index is 395. The normalized spacial score (nSPS) is 25.8. The minimum Gasteiger partial charge on any atom is -0.343 e. The van der Waals surface area contributed by atoms with Crippen LogP contribution in [0.5, 0.6) is 0 Å². The topological polar surface area (TPSA) is 26.8 Å². The highest BCUT2D eigenvalue weighted by Crippen LogP contribution is 2.38. The molecule has 3 rings (SSSR count). The van der Waals surface area contributed by atoms with Gasteiger partial charge in [-0.3, -0.25) is 9.69 Å². The standard InChI is InChI=1S/C19H35N3O/c1-20(2)14-15-22-11-5-8-19(22)9-12-21(13-10-19)18(23)16-17-6-3-4-7-17/h17H,3-16H2,1-2H3. The van der Waals surface area contributed by atoms with Crippen LogP contribution in [0.1, 0.15) is 57.8 Å². The lowest BCUT2D eigenvalue weighted by Gasteiger charge is -2.45. The highest BCUT2D eigenvalue weighted by molar-refractivity contribution is 5.76. The van der Waals surface area contributed by atoms with Crippen molar-refractivity contribution in [1.82, 2.24) is 14.7 Å². The first-order valence-corrected chi connectivity index (χ1v) is 9.77. The molecule has 1 saturated carbocycles. The second kappa shape index (κ2) is 7.52. The molecule has 0 radical (unpaired) electrons. The van der Waals surface area contributed by atoms with Crippen LogP contribution in [0.3, 0.4) is 0 Å². The molecule has 2 saturated heterocycles. The molecule has 0 unspecified atom stereocenters. The Morgan fingerprint density at radius 2 is 1.74 bits per heavy atom. The minimum absolute atomic E-state index is 0.403. The van der Waals surface area contributed by atoms with Crippen LogP contribution >= 0.6 is 0 Å². The zero-order valence-corrected chi connectivity index (χ0v) is 15.2. The summed E-state index contributed by atoms with van der Waals surface area (Å²) in [6, 6.07) is 0. The second-order valence-corrected chi connectivity index (χ2v) is 8.35. The molecule has 3 fully saturated rings. The zero-order chi connectivity index (χ0) is 16.3. The average Bonchev–Trinajstić information content (AvgIpc) is 3.16. The summed E-state index contributed by atoms with van der Waals surface area (Å²) in [5.41, 5.74) is 0.403. The highest BCUT2D eigenvalue weighted by Gasteiger charge is 2.43. The molecule has 3 aliphatic rings. The third-order valence-corrected chi connectivity index (χ3v) is 6.54. The van der Waals surface area contributed by atoms with Crippen molar-refractivity contribution < 1.29 is 4.79 Å². The Labute approximate surface area is 142 Å². The molecule has 1 spiro atoms. The smallest absolute Gasteiger partial charge is 0.222 e. The fourth-order valence-electron chi connectivity index (χ4n) is 4.99. The summed E-state index contributed by atoms with van der Waals surface area (Å²) < 4.78 is 0. The van der Waals surface area contributed by atoms with E-state index in [4.69, 9.17) is 0 Å². The summed E-state index contributed by atoms with van der Waals surface area (Å²) in [6.07, 6.45) is 11.1. The lowest BCUT2D eigenvalue weighted by molar-refractivity contribution is -0.134. The summed E-state index contributed by atoms with van der Waals surface area (Å²) in [4.78, 5) is 19.7. The molecule has 0 atom stereocenters. The van der Waals surface area contributed by atoms with Gasteiger partial charge >= 0.3 is 0 Å². The van der Waals surface area contributed by atoms with Gasteiger partial charge in [-0.25, -0.2) is 0 Å². The molecule has 0 aromatic carbocycles. The van der Waals surface area contributed by atoms with Crippen molar-refractivity contribution in [3.8, 4) is 0 Å². The van der Waals surface area contributed by atoms with Gasteiger partial charge in [-0.05, 0) is 65.1 Å². The molecule has 1 amide bonds.